The van der Waals surface area contributed by atoms with Crippen molar-refractivity contribution >= 4 is 22.1 Å². The molecule has 4 aromatic rings. The third kappa shape index (κ3) is 2.89. The molecule has 0 atom stereocenters. The number of para-hydroxylation sites is 1. The second-order valence-electron chi connectivity index (χ2n) is 6.43. The van der Waals surface area contributed by atoms with Crippen molar-refractivity contribution in [3.8, 4) is 11.1 Å². The van der Waals surface area contributed by atoms with Crippen molar-refractivity contribution in [2.75, 3.05) is 11.9 Å². The van der Waals surface area contributed by atoms with Crippen molar-refractivity contribution in [3.63, 3.8) is 0 Å². The molecule has 0 aliphatic carbocycles. The predicted molar refractivity (Wildman–Crippen MR) is 109 cm³/mol. The molecule has 4 aromatic carbocycles. The van der Waals surface area contributed by atoms with Gasteiger partial charge in [0.15, 0.2) is 0 Å². The van der Waals surface area contributed by atoms with E-state index in [1.54, 1.807) is 0 Å². The highest BCUT2D eigenvalue weighted by atomic mass is 15.1. The molecular weight excluding hydrogens is 302 g/mol. The molecule has 0 spiro atoms. The van der Waals surface area contributed by atoms with Gasteiger partial charge in [0.2, 0.25) is 0 Å². The fourth-order valence-corrected chi connectivity index (χ4v) is 3.42. The molecule has 0 amide bonds. The molecular formula is C24H21N. The van der Waals surface area contributed by atoms with Crippen LogP contribution in [0.3, 0.4) is 0 Å². The first-order valence-corrected chi connectivity index (χ1v) is 8.61. The van der Waals surface area contributed by atoms with E-state index in [1.807, 2.05) is 0 Å². The number of hydrogen-bond donors (Lipinski definition) is 0. The van der Waals surface area contributed by atoms with Crippen molar-refractivity contribution in [1.29, 1.82) is 0 Å². The lowest BCUT2D eigenvalue weighted by molar-refractivity contribution is 1.19. The Kier molecular flexibility index (Phi) is 3.99. The number of hydrogen-bond acceptors (Lipinski definition) is 1. The first-order chi connectivity index (χ1) is 12.2. The fourth-order valence-electron chi connectivity index (χ4n) is 3.42. The van der Waals surface area contributed by atoms with Gasteiger partial charge in [-0.05, 0) is 47.0 Å². The van der Waals surface area contributed by atoms with E-state index >= 15 is 0 Å². The van der Waals surface area contributed by atoms with E-state index < -0.39 is 0 Å². The molecule has 1 nitrogen and oxygen atoms in total. The Bertz CT molecular complexity index is 1020. The molecule has 0 fully saturated rings. The third-order valence-corrected chi connectivity index (χ3v) is 4.79. The van der Waals surface area contributed by atoms with E-state index in [1.165, 1.54) is 38.8 Å². The molecule has 0 aliphatic rings. The molecule has 0 bridgehead atoms. The van der Waals surface area contributed by atoms with Gasteiger partial charge in [-0.3, -0.25) is 0 Å². The number of rotatable bonds is 3. The maximum Gasteiger partial charge on any atom is 0.0494 e. The van der Waals surface area contributed by atoms with Gasteiger partial charge in [0.25, 0.3) is 0 Å². The number of anilines is 2. The summed E-state index contributed by atoms with van der Waals surface area (Å²) in [5.74, 6) is 0. The Balaban J connectivity index is 1.96. The summed E-state index contributed by atoms with van der Waals surface area (Å²) in [5.41, 5.74) is 6.22. The summed E-state index contributed by atoms with van der Waals surface area (Å²) in [6.45, 7) is 2.16. The largest absolute Gasteiger partial charge is 0.344 e. The van der Waals surface area contributed by atoms with Gasteiger partial charge in [-0.1, -0.05) is 72.8 Å². The van der Waals surface area contributed by atoms with Crippen LogP contribution in [-0.4, -0.2) is 7.05 Å². The summed E-state index contributed by atoms with van der Waals surface area (Å²) in [6, 6.07) is 32.3. The average molecular weight is 323 g/mol. The maximum atomic E-state index is 2.30. The highest BCUT2D eigenvalue weighted by Crippen LogP contribution is 2.38. The third-order valence-electron chi connectivity index (χ3n) is 4.79. The van der Waals surface area contributed by atoms with Crippen LogP contribution in [0, 0.1) is 6.92 Å². The lowest BCUT2D eigenvalue weighted by Gasteiger charge is -2.25. The molecule has 0 saturated carbocycles. The Morgan fingerprint density at radius 1 is 0.600 bits per heavy atom. The zero-order valence-electron chi connectivity index (χ0n) is 14.6. The average Bonchev–Trinajstić information content (AvgIpc) is 2.67. The van der Waals surface area contributed by atoms with Crippen LogP contribution in [-0.2, 0) is 0 Å². The highest BCUT2D eigenvalue weighted by Gasteiger charge is 2.13. The summed E-state index contributed by atoms with van der Waals surface area (Å²) >= 11 is 0. The molecule has 122 valence electrons. The summed E-state index contributed by atoms with van der Waals surface area (Å²) in [6.07, 6.45) is 0. The van der Waals surface area contributed by atoms with E-state index in [0.717, 1.165) is 0 Å². The van der Waals surface area contributed by atoms with Crippen molar-refractivity contribution in [1.82, 2.24) is 0 Å². The van der Waals surface area contributed by atoms with Crippen molar-refractivity contribution in [2.45, 2.75) is 6.92 Å². The Labute approximate surface area is 149 Å². The number of fused-ring (bicyclic) bond motifs is 1. The van der Waals surface area contributed by atoms with Crippen LogP contribution in [0.5, 0.6) is 0 Å². The van der Waals surface area contributed by atoms with E-state index in [4.69, 9.17) is 0 Å². The second-order valence-corrected chi connectivity index (χ2v) is 6.43. The zero-order chi connectivity index (χ0) is 17.2. The van der Waals surface area contributed by atoms with E-state index in [2.05, 4.69) is 110 Å². The quantitative estimate of drug-likeness (QED) is 0.411. The summed E-state index contributed by atoms with van der Waals surface area (Å²) in [7, 11) is 2.15. The monoisotopic (exact) mass is 323 g/mol. The first kappa shape index (κ1) is 15.5. The Morgan fingerprint density at radius 3 is 1.92 bits per heavy atom. The predicted octanol–water partition coefficient (Wildman–Crippen LogP) is 6.58. The minimum Gasteiger partial charge on any atom is -0.344 e. The van der Waals surface area contributed by atoms with Crippen LogP contribution in [0.1, 0.15) is 5.56 Å². The highest BCUT2D eigenvalue weighted by molar-refractivity contribution is 5.96. The van der Waals surface area contributed by atoms with Gasteiger partial charge in [0, 0.05) is 24.0 Å². The number of nitrogens with zero attached hydrogens (tertiary/aromatic N) is 1. The maximum absolute atomic E-state index is 2.30. The van der Waals surface area contributed by atoms with Crippen LogP contribution < -0.4 is 4.90 Å². The molecule has 0 heterocycles. The summed E-state index contributed by atoms with van der Waals surface area (Å²) in [5, 5.41) is 2.53. The number of benzene rings is 4. The van der Waals surface area contributed by atoms with E-state index in [0.29, 0.717) is 0 Å². The minimum atomic E-state index is 1.22. The molecule has 4 rings (SSSR count). The van der Waals surface area contributed by atoms with Crippen LogP contribution in [0.2, 0.25) is 0 Å². The first-order valence-electron chi connectivity index (χ1n) is 8.61. The van der Waals surface area contributed by atoms with Crippen LogP contribution in [0.15, 0.2) is 91.0 Å². The lowest BCUT2D eigenvalue weighted by Crippen LogP contribution is -2.12. The van der Waals surface area contributed by atoms with Gasteiger partial charge in [0.1, 0.15) is 0 Å². The topological polar surface area (TPSA) is 3.24 Å². The van der Waals surface area contributed by atoms with E-state index in [9.17, 15) is 0 Å². The van der Waals surface area contributed by atoms with Gasteiger partial charge in [-0.2, -0.15) is 0 Å². The molecule has 0 aromatic heterocycles. The smallest absolute Gasteiger partial charge is 0.0494 e. The van der Waals surface area contributed by atoms with Crippen LogP contribution in [0.25, 0.3) is 21.9 Å². The molecule has 0 unspecified atom stereocenters. The van der Waals surface area contributed by atoms with Crippen molar-refractivity contribution in [3.05, 3.63) is 96.6 Å². The Morgan fingerprint density at radius 2 is 1.20 bits per heavy atom. The van der Waals surface area contributed by atoms with Gasteiger partial charge >= 0.3 is 0 Å². The molecule has 0 aliphatic heterocycles. The summed E-state index contributed by atoms with van der Waals surface area (Å²) in [4.78, 5) is 2.30. The van der Waals surface area contributed by atoms with Gasteiger partial charge < -0.3 is 4.90 Å². The SMILES string of the molecule is Cc1ccccc1N(C)c1cc2ccccc2cc1-c1ccccc1. The van der Waals surface area contributed by atoms with Crippen molar-refractivity contribution in [2.24, 2.45) is 0 Å². The van der Waals surface area contributed by atoms with E-state index in [-0.39, 0.29) is 0 Å². The molecule has 25 heavy (non-hydrogen) atoms. The molecule has 0 radical (unpaired) electrons. The van der Waals surface area contributed by atoms with Gasteiger partial charge in [-0.15, -0.1) is 0 Å². The van der Waals surface area contributed by atoms with Crippen LogP contribution in [0.4, 0.5) is 11.4 Å². The second kappa shape index (κ2) is 6.45. The minimum absolute atomic E-state index is 1.22. The zero-order valence-corrected chi connectivity index (χ0v) is 14.6. The fraction of sp³-hybridized carbons (Fsp3) is 0.0833. The van der Waals surface area contributed by atoms with Crippen molar-refractivity contribution < 1.29 is 0 Å². The standard InChI is InChI=1S/C24H21N/c1-18-10-6-9-15-23(18)25(2)24-17-21-14-8-7-13-20(21)16-22(24)19-11-4-3-5-12-19/h3-17H,1-2H3. The molecule has 1 heteroatoms. The number of aryl methyl sites for hydroxylation is 1. The lowest BCUT2D eigenvalue weighted by atomic mass is 9.98. The Hall–Kier alpha value is -3.06. The summed E-state index contributed by atoms with van der Waals surface area (Å²) < 4.78 is 0. The molecule has 0 N–H and O–H groups in total. The van der Waals surface area contributed by atoms with Gasteiger partial charge in [0.05, 0.1) is 0 Å². The van der Waals surface area contributed by atoms with Crippen LogP contribution >= 0.6 is 0 Å². The molecule has 0 saturated heterocycles. The normalized spacial score (nSPS) is 10.8. The van der Waals surface area contributed by atoms with Gasteiger partial charge in [-0.25, -0.2) is 0 Å².